The van der Waals surface area contributed by atoms with E-state index in [4.69, 9.17) is 9.47 Å². The van der Waals surface area contributed by atoms with E-state index in [9.17, 15) is 9.59 Å². The summed E-state index contributed by atoms with van der Waals surface area (Å²) in [6.45, 7) is 0. The molecule has 2 aromatic carbocycles. The number of benzene rings is 2. The normalized spacial score (nSPS) is 23.4. The Balaban J connectivity index is 1.79. The van der Waals surface area contributed by atoms with Gasteiger partial charge in [0.05, 0.1) is 11.0 Å². The molecular weight excluding hydrogens is 352 g/mol. The number of hydrogen-bond acceptors (Lipinski definition) is 4. The summed E-state index contributed by atoms with van der Waals surface area (Å²) in [4.78, 5) is 26.6. The van der Waals surface area contributed by atoms with Gasteiger partial charge in [-0.1, -0.05) is 74.2 Å². The molecular formula is C24H22O4. The lowest BCUT2D eigenvalue weighted by Gasteiger charge is -2.45. The van der Waals surface area contributed by atoms with E-state index in [1.807, 2.05) is 54.6 Å². The summed E-state index contributed by atoms with van der Waals surface area (Å²) in [5, 5.41) is 0. The van der Waals surface area contributed by atoms with Crippen LogP contribution in [0.2, 0.25) is 0 Å². The fraction of sp³-hybridized carbons (Fsp3) is 0.333. The summed E-state index contributed by atoms with van der Waals surface area (Å²) in [6, 6.07) is 17.0. The molecule has 2 aromatic rings. The van der Waals surface area contributed by atoms with Gasteiger partial charge >= 0.3 is 11.9 Å². The van der Waals surface area contributed by atoms with Crippen LogP contribution in [-0.4, -0.2) is 11.9 Å². The minimum atomic E-state index is -0.695. The van der Waals surface area contributed by atoms with Crippen LogP contribution in [0.25, 0.3) is 5.76 Å². The van der Waals surface area contributed by atoms with E-state index < -0.39 is 11.4 Å². The average molecular weight is 374 g/mol. The van der Waals surface area contributed by atoms with Crippen LogP contribution in [-0.2, 0) is 14.3 Å². The molecule has 142 valence electrons. The zero-order valence-corrected chi connectivity index (χ0v) is 15.6. The third kappa shape index (κ3) is 2.51. The van der Waals surface area contributed by atoms with E-state index in [1.165, 1.54) is 0 Å². The Bertz CT molecular complexity index is 965. The van der Waals surface area contributed by atoms with Gasteiger partial charge in [0.2, 0.25) is 0 Å². The first-order valence-electron chi connectivity index (χ1n) is 10.0. The highest BCUT2D eigenvalue weighted by Gasteiger charge is 2.57. The Hall–Kier alpha value is -2.88. The Morgan fingerprint density at radius 3 is 2.21 bits per heavy atom. The molecule has 1 atom stereocenters. The van der Waals surface area contributed by atoms with Crippen molar-refractivity contribution in [3.05, 3.63) is 71.3 Å². The quantitative estimate of drug-likeness (QED) is 0.521. The molecule has 1 aliphatic carbocycles. The molecule has 2 heterocycles. The Morgan fingerprint density at radius 2 is 1.46 bits per heavy atom. The molecule has 0 amide bonds. The number of ether oxygens (including phenoxy) is 2. The molecule has 28 heavy (non-hydrogen) atoms. The van der Waals surface area contributed by atoms with Crippen LogP contribution in [0.1, 0.15) is 55.6 Å². The lowest BCUT2D eigenvalue weighted by molar-refractivity contribution is -0.153. The van der Waals surface area contributed by atoms with Gasteiger partial charge in [0.1, 0.15) is 11.5 Å². The second-order valence-electron chi connectivity index (χ2n) is 7.93. The Labute approximate surface area is 164 Å². The SMILES string of the molecule is O=C1Oc2ccccc2[C@@H]2C1=C(c1ccccc1)OC(=O)C21CCCCCC1. The average Bonchev–Trinajstić information content (AvgIpc) is 2.98. The molecule has 1 fully saturated rings. The highest BCUT2D eigenvalue weighted by Crippen LogP contribution is 2.58. The van der Waals surface area contributed by atoms with Crippen LogP contribution in [0.15, 0.2) is 60.2 Å². The molecule has 5 rings (SSSR count). The minimum absolute atomic E-state index is 0.202. The zero-order valence-electron chi connectivity index (χ0n) is 15.6. The first kappa shape index (κ1) is 17.2. The maximum absolute atomic E-state index is 13.5. The lowest BCUT2D eigenvalue weighted by Crippen LogP contribution is -2.46. The second kappa shape index (κ2) is 6.62. The highest BCUT2D eigenvalue weighted by atomic mass is 16.6. The standard InChI is InChI=1S/C24H22O4/c25-22-19-20(17-12-6-7-13-18(17)27-22)24(14-8-1-2-9-15-24)23(26)28-21(19)16-10-4-3-5-11-16/h3-7,10-13,20H,1-2,8-9,14-15H2/t20-/m1/s1. The van der Waals surface area contributed by atoms with Crippen molar-refractivity contribution in [3.8, 4) is 5.75 Å². The van der Waals surface area contributed by atoms with Crippen LogP contribution < -0.4 is 4.74 Å². The summed E-state index contributed by atoms with van der Waals surface area (Å²) in [5.74, 6) is -0.0124. The lowest BCUT2D eigenvalue weighted by atomic mass is 9.62. The second-order valence-corrected chi connectivity index (χ2v) is 7.93. The van der Waals surface area contributed by atoms with Crippen molar-refractivity contribution in [1.29, 1.82) is 0 Å². The number of rotatable bonds is 1. The summed E-state index contributed by atoms with van der Waals surface area (Å²) in [5.41, 5.74) is 1.45. The predicted octanol–water partition coefficient (Wildman–Crippen LogP) is 5.00. The van der Waals surface area contributed by atoms with Crippen molar-refractivity contribution in [2.75, 3.05) is 0 Å². The Morgan fingerprint density at radius 1 is 0.786 bits per heavy atom. The molecule has 0 radical (unpaired) electrons. The van der Waals surface area contributed by atoms with Gasteiger partial charge in [-0.25, -0.2) is 4.79 Å². The van der Waals surface area contributed by atoms with E-state index in [-0.39, 0.29) is 11.9 Å². The van der Waals surface area contributed by atoms with Crippen molar-refractivity contribution in [2.24, 2.45) is 5.41 Å². The molecule has 0 bridgehead atoms. The van der Waals surface area contributed by atoms with Crippen molar-refractivity contribution in [2.45, 2.75) is 44.4 Å². The van der Waals surface area contributed by atoms with E-state index >= 15 is 0 Å². The van der Waals surface area contributed by atoms with Crippen LogP contribution in [0.3, 0.4) is 0 Å². The van der Waals surface area contributed by atoms with Gasteiger partial charge in [0.15, 0.2) is 0 Å². The molecule has 0 N–H and O–H groups in total. The largest absolute Gasteiger partial charge is 0.425 e. The van der Waals surface area contributed by atoms with Gasteiger partial charge in [0, 0.05) is 17.0 Å². The van der Waals surface area contributed by atoms with E-state index in [0.717, 1.165) is 49.7 Å². The number of para-hydroxylation sites is 1. The van der Waals surface area contributed by atoms with Gasteiger partial charge in [-0.05, 0) is 18.9 Å². The fourth-order valence-electron chi connectivity index (χ4n) is 5.06. The van der Waals surface area contributed by atoms with Gasteiger partial charge < -0.3 is 9.47 Å². The number of hydrogen-bond donors (Lipinski definition) is 0. The van der Waals surface area contributed by atoms with Gasteiger partial charge in [-0.2, -0.15) is 0 Å². The molecule has 1 saturated carbocycles. The third-order valence-electron chi connectivity index (χ3n) is 6.37. The van der Waals surface area contributed by atoms with Crippen molar-refractivity contribution < 1.29 is 19.1 Å². The fourth-order valence-corrected chi connectivity index (χ4v) is 5.06. The maximum Gasteiger partial charge on any atom is 0.343 e. The minimum Gasteiger partial charge on any atom is -0.425 e. The number of esters is 2. The van der Waals surface area contributed by atoms with Crippen molar-refractivity contribution in [1.82, 2.24) is 0 Å². The molecule has 2 aliphatic heterocycles. The maximum atomic E-state index is 13.5. The van der Waals surface area contributed by atoms with E-state index in [0.29, 0.717) is 17.1 Å². The predicted molar refractivity (Wildman–Crippen MR) is 104 cm³/mol. The van der Waals surface area contributed by atoms with Crippen LogP contribution in [0, 0.1) is 5.41 Å². The number of fused-ring (bicyclic) bond motifs is 4. The van der Waals surface area contributed by atoms with Crippen molar-refractivity contribution >= 4 is 17.7 Å². The summed E-state index contributed by atoms with van der Waals surface area (Å²) in [6.07, 6.45) is 5.64. The van der Waals surface area contributed by atoms with Crippen LogP contribution >= 0.6 is 0 Å². The monoisotopic (exact) mass is 374 g/mol. The molecule has 1 spiro atoms. The summed E-state index contributed by atoms with van der Waals surface area (Å²) < 4.78 is 11.6. The third-order valence-corrected chi connectivity index (χ3v) is 6.37. The smallest absolute Gasteiger partial charge is 0.343 e. The molecule has 3 aliphatic rings. The van der Waals surface area contributed by atoms with E-state index in [1.54, 1.807) is 0 Å². The van der Waals surface area contributed by atoms with Crippen molar-refractivity contribution in [3.63, 3.8) is 0 Å². The number of carbonyl (C=O) groups is 2. The molecule has 0 unspecified atom stereocenters. The molecule has 4 nitrogen and oxygen atoms in total. The first-order chi connectivity index (χ1) is 13.7. The number of cyclic esters (lactones) is 1. The zero-order chi connectivity index (χ0) is 19.1. The summed E-state index contributed by atoms with van der Waals surface area (Å²) >= 11 is 0. The van der Waals surface area contributed by atoms with Gasteiger partial charge in [-0.3, -0.25) is 4.79 Å². The van der Waals surface area contributed by atoms with Gasteiger partial charge in [-0.15, -0.1) is 0 Å². The van der Waals surface area contributed by atoms with Crippen LogP contribution in [0.4, 0.5) is 0 Å². The Kier molecular flexibility index (Phi) is 4.08. The first-order valence-corrected chi connectivity index (χ1v) is 10.0. The van der Waals surface area contributed by atoms with E-state index in [2.05, 4.69) is 0 Å². The molecule has 0 saturated heterocycles. The van der Waals surface area contributed by atoms with Gasteiger partial charge in [0.25, 0.3) is 0 Å². The topological polar surface area (TPSA) is 52.6 Å². The molecule has 4 heteroatoms. The summed E-state index contributed by atoms with van der Waals surface area (Å²) in [7, 11) is 0. The highest BCUT2D eigenvalue weighted by molar-refractivity contribution is 6.06. The molecule has 0 aromatic heterocycles. The van der Waals surface area contributed by atoms with Crippen LogP contribution in [0.5, 0.6) is 5.75 Å². The number of carbonyl (C=O) groups excluding carboxylic acids is 2.